The van der Waals surface area contributed by atoms with Crippen LogP contribution in [0.1, 0.15) is 21.5 Å². The Kier molecular flexibility index (Phi) is 4.63. The smallest absolute Gasteiger partial charge is 0.255 e. The highest BCUT2D eigenvalue weighted by Crippen LogP contribution is 2.25. The third kappa shape index (κ3) is 3.42. The fourth-order valence-corrected chi connectivity index (χ4v) is 2.26. The van der Waals surface area contributed by atoms with Gasteiger partial charge < -0.3 is 10.1 Å². The van der Waals surface area contributed by atoms with Gasteiger partial charge >= 0.3 is 0 Å². The van der Waals surface area contributed by atoms with Crippen molar-refractivity contribution in [3.8, 4) is 5.75 Å². The van der Waals surface area contributed by atoms with Gasteiger partial charge in [-0.2, -0.15) is 0 Å². The molecule has 0 aliphatic rings. The monoisotopic (exact) mass is 351 g/mol. The topological polar surface area (TPSA) is 38.3 Å². The summed E-state index contributed by atoms with van der Waals surface area (Å²) in [5, 5.41) is 2.76. The van der Waals surface area contributed by atoms with Crippen molar-refractivity contribution in [3.05, 3.63) is 57.3 Å². The van der Waals surface area contributed by atoms with Crippen LogP contribution in [-0.2, 0) is 0 Å². The lowest BCUT2D eigenvalue weighted by atomic mass is 10.1. The van der Waals surface area contributed by atoms with Crippen molar-refractivity contribution in [3.63, 3.8) is 0 Å². The lowest BCUT2D eigenvalue weighted by Crippen LogP contribution is -2.12. The highest BCUT2D eigenvalue weighted by molar-refractivity contribution is 9.10. The van der Waals surface area contributed by atoms with E-state index in [1.807, 2.05) is 26.0 Å². The molecule has 0 bridgehead atoms. The standard InChI is InChI=1S/C16H15BrFNO2/c1-9-6-12(7-10(2)15(9)17)19-16(20)11-4-5-14(21-3)13(18)8-11/h4-8H,1-3H3,(H,19,20). The van der Waals surface area contributed by atoms with Gasteiger partial charge in [0.25, 0.3) is 5.91 Å². The van der Waals surface area contributed by atoms with Gasteiger partial charge in [0.1, 0.15) is 0 Å². The first-order valence-electron chi connectivity index (χ1n) is 6.34. The van der Waals surface area contributed by atoms with Crippen LogP contribution < -0.4 is 10.1 Å². The molecule has 0 heterocycles. The molecule has 0 radical (unpaired) electrons. The van der Waals surface area contributed by atoms with Crippen LogP contribution in [0.5, 0.6) is 5.75 Å². The van der Waals surface area contributed by atoms with E-state index >= 15 is 0 Å². The van der Waals surface area contributed by atoms with E-state index < -0.39 is 5.82 Å². The van der Waals surface area contributed by atoms with Crippen LogP contribution in [0.4, 0.5) is 10.1 Å². The maximum absolute atomic E-state index is 13.6. The fourth-order valence-electron chi connectivity index (χ4n) is 2.03. The fraction of sp³-hybridized carbons (Fsp3) is 0.188. The number of carbonyl (C=O) groups is 1. The molecule has 0 aliphatic heterocycles. The number of hydrogen-bond donors (Lipinski definition) is 1. The van der Waals surface area contributed by atoms with Gasteiger partial charge in [-0.3, -0.25) is 4.79 Å². The lowest BCUT2D eigenvalue weighted by molar-refractivity contribution is 0.102. The molecule has 3 nitrogen and oxygen atoms in total. The number of nitrogens with one attached hydrogen (secondary N) is 1. The number of anilines is 1. The predicted octanol–water partition coefficient (Wildman–Crippen LogP) is 4.47. The normalized spacial score (nSPS) is 10.3. The van der Waals surface area contributed by atoms with Gasteiger partial charge in [-0.1, -0.05) is 15.9 Å². The van der Waals surface area contributed by atoms with Crippen LogP contribution in [-0.4, -0.2) is 13.0 Å². The quantitative estimate of drug-likeness (QED) is 0.885. The van der Waals surface area contributed by atoms with Crippen LogP contribution in [0.15, 0.2) is 34.8 Å². The maximum Gasteiger partial charge on any atom is 0.255 e. The third-order valence-corrected chi connectivity index (χ3v) is 4.36. The maximum atomic E-state index is 13.6. The van der Waals surface area contributed by atoms with Crippen LogP contribution >= 0.6 is 15.9 Å². The number of carbonyl (C=O) groups excluding carboxylic acids is 1. The largest absolute Gasteiger partial charge is 0.494 e. The molecular weight excluding hydrogens is 337 g/mol. The van der Waals surface area contributed by atoms with E-state index in [1.165, 1.54) is 19.2 Å². The molecule has 21 heavy (non-hydrogen) atoms. The summed E-state index contributed by atoms with van der Waals surface area (Å²) in [7, 11) is 1.38. The zero-order valence-corrected chi connectivity index (χ0v) is 13.5. The van der Waals surface area contributed by atoms with Gasteiger partial charge in [-0.15, -0.1) is 0 Å². The molecule has 110 valence electrons. The average Bonchev–Trinajstić information content (AvgIpc) is 2.44. The highest BCUT2D eigenvalue weighted by Gasteiger charge is 2.11. The molecule has 0 atom stereocenters. The number of aryl methyl sites for hydroxylation is 2. The first kappa shape index (κ1) is 15.5. The summed E-state index contributed by atoms with van der Waals surface area (Å²) >= 11 is 3.47. The van der Waals surface area contributed by atoms with E-state index in [0.29, 0.717) is 5.69 Å². The highest BCUT2D eigenvalue weighted by atomic mass is 79.9. The van der Waals surface area contributed by atoms with Gasteiger partial charge in [0.15, 0.2) is 11.6 Å². The van der Waals surface area contributed by atoms with Crippen molar-refractivity contribution in [2.24, 2.45) is 0 Å². The van der Waals surface area contributed by atoms with E-state index in [2.05, 4.69) is 21.2 Å². The van der Waals surface area contributed by atoms with E-state index in [4.69, 9.17) is 4.74 Å². The van der Waals surface area contributed by atoms with Crippen LogP contribution in [0.3, 0.4) is 0 Å². The van der Waals surface area contributed by atoms with Gasteiger partial charge in [0.05, 0.1) is 7.11 Å². The zero-order valence-electron chi connectivity index (χ0n) is 12.0. The molecule has 2 aromatic rings. The minimum absolute atomic E-state index is 0.113. The number of benzene rings is 2. The average molecular weight is 352 g/mol. The minimum Gasteiger partial charge on any atom is -0.494 e. The second-order valence-corrected chi connectivity index (χ2v) is 5.52. The number of rotatable bonds is 3. The second kappa shape index (κ2) is 6.26. The molecule has 0 aromatic heterocycles. The molecule has 0 saturated heterocycles. The van der Waals surface area contributed by atoms with Gasteiger partial charge in [0.2, 0.25) is 0 Å². The molecule has 0 spiro atoms. The van der Waals surface area contributed by atoms with Crippen LogP contribution in [0.25, 0.3) is 0 Å². The van der Waals surface area contributed by atoms with Crippen molar-refractivity contribution >= 4 is 27.5 Å². The van der Waals surface area contributed by atoms with Crippen molar-refractivity contribution in [1.82, 2.24) is 0 Å². The SMILES string of the molecule is COc1ccc(C(=O)Nc2cc(C)c(Br)c(C)c2)cc1F. The molecule has 0 unspecified atom stereocenters. The molecule has 5 heteroatoms. The minimum atomic E-state index is -0.562. The number of hydrogen-bond acceptors (Lipinski definition) is 2. The Morgan fingerprint density at radius 2 is 1.81 bits per heavy atom. The van der Waals surface area contributed by atoms with E-state index in [9.17, 15) is 9.18 Å². The summed E-state index contributed by atoms with van der Waals surface area (Å²) in [6.07, 6.45) is 0. The summed E-state index contributed by atoms with van der Waals surface area (Å²) in [6, 6.07) is 7.83. The zero-order chi connectivity index (χ0) is 15.6. The van der Waals surface area contributed by atoms with Gasteiger partial charge in [0, 0.05) is 15.7 Å². The number of halogens is 2. The first-order valence-corrected chi connectivity index (χ1v) is 7.13. The molecule has 2 aromatic carbocycles. The first-order chi connectivity index (χ1) is 9.92. The van der Waals surface area contributed by atoms with Gasteiger partial charge in [-0.25, -0.2) is 4.39 Å². The Bertz CT molecular complexity index is 678. The third-order valence-electron chi connectivity index (χ3n) is 3.11. The summed E-state index contributed by atoms with van der Waals surface area (Å²) in [5.74, 6) is -0.812. The Balaban J connectivity index is 2.24. The van der Waals surface area contributed by atoms with E-state index in [-0.39, 0.29) is 17.2 Å². The van der Waals surface area contributed by atoms with E-state index in [0.717, 1.165) is 21.7 Å². The van der Waals surface area contributed by atoms with Crippen molar-refractivity contribution in [1.29, 1.82) is 0 Å². The second-order valence-electron chi connectivity index (χ2n) is 4.73. The number of ether oxygens (including phenoxy) is 1. The molecule has 0 saturated carbocycles. The molecule has 0 aliphatic carbocycles. The Labute approximate surface area is 131 Å². The van der Waals surface area contributed by atoms with Crippen LogP contribution in [0, 0.1) is 19.7 Å². The predicted molar refractivity (Wildman–Crippen MR) is 84.5 cm³/mol. The summed E-state index contributed by atoms with van der Waals surface area (Å²) in [6.45, 7) is 3.89. The molecule has 1 N–H and O–H groups in total. The van der Waals surface area contributed by atoms with Crippen LogP contribution in [0.2, 0.25) is 0 Å². The van der Waals surface area contributed by atoms with Crippen molar-refractivity contribution in [2.75, 3.05) is 12.4 Å². The van der Waals surface area contributed by atoms with Gasteiger partial charge in [-0.05, 0) is 55.3 Å². The summed E-state index contributed by atoms with van der Waals surface area (Å²) < 4.78 is 19.5. The van der Waals surface area contributed by atoms with E-state index in [1.54, 1.807) is 0 Å². The number of methoxy groups -OCH3 is 1. The lowest BCUT2D eigenvalue weighted by Gasteiger charge is -2.10. The summed E-state index contributed by atoms with van der Waals surface area (Å²) in [5.41, 5.74) is 2.96. The van der Waals surface area contributed by atoms with Crippen molar-refractivity contribution in [2.45, 2.75) is 13.8 Å². The summed E-state index contributed by atoms with van der Waals surface area (Å²) in [4.78, 5) is 12.1. The molecule has 1 amide bonds. The van der Waals surface area contributed by atoms with Crippen molar-refractivity contribution < 1.29 is 13.9 Å². The Hall–Kier alpha value is -1.88. The Morgan fingerprint density at radius 3 is 2.33 bits per heavy atom. The molecule has 0 fully saturated rings. The Morgan fingerprint density at radius 1 is 1.19 bits per heavy atom. The number of amides is 1. The molecule has 2 rings (SSSR count). The molecular formula is C16H15BrFNO2.